The van der Waals surface area contributed by atoms with Crippen molar-refractivity contribution in [1.29, 1.82) is 0 Å². The predicted molar refractivity (Wildman–Crippen MR) is 58.4 cm³/mol. The largest absolute Gasteiger partial charge is 0.384 e. The van der Waals surface area contributed by atoms with E-state index < -0.39 is 5.60 Å². The fourth-order valence-electron chi connectivity index (χ4n) is 1.53. The van der Waals surface area contributed by atoms with Crippen LogP contribution in [0.5, 0.6) is 0 Å². The predicted octanol–water partition coefficient (Wildman–Crippen LogP) is 2.80. The molecule has 0 aliphatic heterocycles. The molecule has 0 fully saturated rings. The van der Waals surface area contributed by atoms with Crippen molar-refractivity contribution in [1.82, 2.24) is 0 Å². The van der Waals surface area contributed by atoms with Gasteiger partial charge in [0.15, 0.2) is 0 Å². The van der Waals surface area contributed by atoms with Crippen LogP contribution in [0.15, 0.2) is 4.99 Å². The summed E-state index contributed by atoms with van der Waals surface area (Å²) in [4.78, 5) is 4.41. The van der Waals surface area contributed by atoms with Crippen molar-refractivity contribution in [2.45, 2.75) is 65.5 Å². The molecule has 1 unspecified atom stereocenters. The summed E-state index contributed by atoms with van der Waals surface area (Å²) in [5, 5.41) is 10.2. The van der Waals surface area contributed by atoms with Gasteiger partial charge in [-0.2, -0.15) is 0 Å². The van der Waals surface area contributed by atoms with E-state index in [0.717, 1.165) is 25.0 Å². The van der Waals surface area contributed by atoms with Crippen molar-refractivity contribution >= 4 is 5.71 Å². The number of aliphatic hydroxyl groups is 1. The van der Waals surface area contributed by atoms with Crippen molar-refractivity contribution < 1.29 is 42.0 Å². The van der Waals surface area contributed by atoms with E-state index >= 15 is 0 Å². The van der Waals surface area contributed by atoms with Gasteiger partial charge in [-0.25, -0.2) is 0 Å². The third kappa shape index (κ3) is 5.67. The molecule has 0 aliphatic carbocycles. The smallest absolute Gasteiger partial charge is 0.102 e. The van der Waals surface area contributed by atoms with Crippen LogP contribution in [-0.2, 0) is 0 Å². The monoisotopic (exact) mass is 360 g/mol. The van der Waals surface area contributed by atoms with Crippen molar-refractivity contribution in [3.8, 4) is 0 Å². The first-order valence-electron chi connectivity index (χ1n) is 5.23. The van der Waals surface area contributed by atoms with Gasteiger partial charge >= 0.3 is 0 Å². The average Bonchev–Trinajstić information content (AvgIpc) is 2.03. The third-order valence-electron chi connectivity index (χ3n) is 2.37. The van der Waals surface area contributed by atoms with Crippen LogP contribution in [0.4, 0.5) is 0 Å². The van der Waals surface area contributed by atoms with Gasteiger partial charge in [0.1, 0.15) is 5.60 Å². The van der Waals surface area contributed by atoms with Gasteiger partial charge in [0.2, 0.25) is 0 Å². The summed E-state index contributed by atoms with van der Waals surface area (Å²) >= 11 is 0. The number of hydrogen-bond acceptors (Lipinski definition) is 2. The first kappa shape index (κ1) is 17.3. The van der Waals surface area contributed by atoms with Crippen molar-refractivity contribution in [3.05, 3.63) is 0 Å². The second-order valence-electron chi connectivity index (χ2n) is 3.94. The fourth-order valence-corrected chi connectivity index (χ4v) is 1.53. The Balaban J connectivity index is 0. The molecule has 0 saturated carbocycles. The topological polar surface area (TPSA) is 32.6 Å². The summed E-state index contributed by atoms with van der Waals surface area (Å²) in [7, 11) is 0. The van der Waals surface area contributed by atoms with Crippen LogP contribution in [0.2, 0.25) is 0 Å². The molecule has 0 amide bonds. The van der Waals surface area contributed by atoms with E-state index in [1.165, 1.54) is 0 Å². The third-order valence-corrected chi connectivity index (χ3v) is 2.37. The summed E-state index contributed by atoms with van der Waals surface area (Å²) in [6.45, 7) is 10.1. The quantitative estimate of drug-likeness (QED) is 0.752. The van der Waals surface area contributed by atoms with Crippen LogP contribution in [0.25, 0.3) is 0 Å². The fraction of sp³-hybridized carbons (Fsp3) is 0.909. The zero-order valence-corrected chi connectivity index (χ0v) is 11.5. The molecule has 1 atom stereocenters. The Morgan fingerprint density at radius 3 is 2.14 bits per heavy atom. The minimum atomic E-state index is -0.668. The molecule has 0 aromatic heterocycles. The van der Waals surface area contributed by atoms with Gasteiger partial charge in [0.05, 0.1) is 0 Å². The number of nitrogens with zero attached hydrogens (tertiary/aromatic N) is 1. The van der Waals surface area contributed by atoms with Gasteiger partial charge in [0, 0.05) is 48.6 Å². The molecule has 0 rings (SSSR count). The minimum Gasteiger partial charge on any atom is -0.384 e. The molecule has 1 N–H and O–H groups in total. The Morgan fingerprint density at radius 2 is 1.86 bits per heavy atom. The summed E-state index contributed by atoms with van der Waals surface area (Å²) in [6, 6.07) is 0.273. The molecule has 0 aromatic carbocycles. The molecule has 14 heavy (non-hydrogen) atoms. The number of aliphatic imine (C=N–C) groups is 1. The molecule has 0 aromatic rings. The van der Waals surface area contributed by atoms with E-state index in [1.54, 1.807) is 0 Å². The molecule has 0 heterocycles. The zero-order valence-electron chi connectivity index (χ0n) is 9.85. The van der Waals surface area contributed by atoms with E-state index in [9.17, 15) is 5.11 Å². The Hall–Kier alpha value is 0.864. The van der Waals surface area contributed by atoms with Crippen molar-refractivity contribution in [2.75, 3.05) is 0 Å². The van der Waals surface area contributed by atoms with Crippen molar-refractivity contribution in [2.24, 2.45) is 4.99 Å². The standard InChI is InChI=1S/C11H23NO.Lu/c1-6-8-11(13,7-2)10(5)12-9(3)4;/h9,13H,6-8H2,1-5H3;. The van der Waals surface area contributed by atoms with Crippen LogP contribution in [-0.4, -0.2) is 22.5 Å². The summed E-state index contributed by atoms with van der Waals surface area (Å²) in [6.07, 6.45) is 2.56. The normalized spacial score (nSPS) is 16.4. The zero-order chi connectivity index (χ0) is 10.5. The van der Waals surface area contributed by atoms with Crippen LogP contribution >= 0.6 is 0 Å². The van der Waals surface area contributed by atoms with Gasteiger partial charge in [-0.15, -0.1) is 0 Å². The van der Waals surface area contributed by atoms with Crippen molar-refractivity contribution in [3.63, 3.8) is 0 Å². The Morgan fingerprint density at radius 1 is 1.36 bits per heavy atom. The Kier molecular flexibility index (Phi) is 9.95. The number of rotatable bonds is 5. The van der Waals surface area contributed by atoms with Crippen LogP contribution in [0, 0.1) is 36.9 Å². The second-order valence-corrected chi connectivity index (χ2v) is 3.94. The summed E-state index contributed by atoms with van der Waals surface area (Å²) in [5.41, 5.74) is 0.214. The molecule has 93 valence electrons. The van der Waals surface area contributed by atoms with Crippen LogP contribution in [0.1, 0.15) is 53.9 Å². The Bertz CT molecular complexity index is 180. The van der Waals surface area contributed by atoms with Gasteiger partial charge in [-0.05, 0) is 33.6 Å². The SMILES string of the molecule is CCCC(O)(CC)C(C)=NC(C)C.[Lu]. The average molecular weight is 360 g/mol. The van der Waals surface area contributed by atoms with Crippen LogP contribution < -0.4 is 0 Å². The van der Waals surface area contributed by atoms with Crippen LogP contribution in [0.3, 0.4) is 0 Å². The first-order chi connectivity index (χ1) is 5.96. The molecule has 3 heteroatoms. The molecule has 0 bridgehead atoms. The molecule has 0 saturated heterocycles. The Labute approximate surface area is 117 Å². The van der Waals surface area contributed by atoms with Gasteiger partial charge < -0.3 is 5.11 Å². The molecule has 2 nitrogen and oxygen atoms in total. The maximum Gasteiger partial charge on any atom is 0.102 e. The van der Waals surface area contributed by atoms with E-state index in [1.807, 2.05) is 27.7 Å². The van der Waals surface area contributed by atoms with E-state index in [2.05, 4.69) is 11.9 Å². The van der Waals surface area contributed by atoms with Gasteiger partial charge in [0.25, 0.3) is 0 Å². The van der Waals surface area contributed by atoms with Gasteiger partial charge in [-0.1, -0.05) is 20.3 Å². The maximum absolute atomic E-state index is 10.2. The summed E-state index contributed by atoms with van der Waals surface area (Å²) in [5.74, 6) is 0. The van der Waals surface area contributed by atoms with E-state index in [4.69, 9.17) is 0 Å². The second kappa shape index (κ2) is 8.07. The van der Waals surface area contributed by atoms with E-state index in [0.29, 0.717) is 0 Å². The number of hydrogen-bond donors (Lipinski definition) is 1. The van der Waals surface area contributed by atoms with Gasteiger partial charge in [-0.3, -0.25) is 4.99 Å². The van der Waals surface area contributed by atoms with E-state index in [-0.39, 0.29) is 42.9 Å². The maximum atomic E-state index is 10.2. The summed E-state index contributed by atoms with van der Waals surface area (Å²) < 4.78 is 0. The molecule has 0 aliphatic rings. The molecular weight excluding hydrogens is 337 g/mol. The molecular formula is C11H23LuNO. The minimum absolute atomic E-state index is 0. The molecule has 0 spiro atoms. The first-order valence-corrected chi connectivity index (χ1v) is 5.23. The molecule has 1 radical (unpaired) electrons.